The molecule has 0 spiro atoms. The number of benzene rings is 1. The summed E-state index contributed by atoms with van der Waals surface area (Å²) in [4.78, 5) is 14.8. The van der Waals surface area contributed by atoms with Crippen molar-refractivity contribution in [1.82, 2.24) is 9.80 Å². The van der Waals surface area contributed by atoms with Gasteiger partial charge in [0.1, 0.15) is 5.10 Å². The standard InChI is InChI=1S/C17H21BrN4O3/c1-13-10-15(12-25-13)11-21-9-8-20(17(21)19-22(23)24)7-6-14-2-4-16(18)5-3-14/h2-7,13,15H,8-12H2,1H3. The molecule has 25 heavy (non-hydrogen) atoms. The van der Waals surface area contributed by atoms with Crippen LogP contribution in [-0.2, 0) is 4.74 Å². The lowest BCUT2D eigenvalue weighted by Crippen LogP contribution is -2.35. The van der Waals surface area contributed by atoms with E-state index >= 15 is 0 Å². The predicted molar refractivity (Wildman–Crippen MR) is 99.4 cm³/mol. The van der Waals surface area contributed by atoms with E-state index in [2.05, 4.69) is 28.0 Å². The zero-order chi connectivity index (χ0) is 17.8. The van der Waals surface area contributed by atoms with Gasteiger partial charge in [-0.1, -0.05) is 28.1 Å². The van der Waals surface area contributed by atoms with Crippen LogP contribution in [0.1, 0.15) is 18.9 Å². The third-order valence-corrected chi connectivity index (χ3v) is 4.93. The number of halogens is 1. The van der Waals surface area contributed by atoms with Crippen molar-refractivity contribution >= 4 is 28.0 Å². The smallest absolute Gasteiger partial charge is 0.278 e. The van der Waals surface area contributed by atoms with Gasteiger partial charge in [0.25, 0.3) is 5.96 Å². The van der Waals surface area contributed by atoms with Gasteiger partial charge in [-0.15, -0.1) is 0 Å². The Balaban J connectivity index is 1.70. The van der Waals surface area contributed by atoms with Crippen molar-refractivity contribution in [2.75, 3.05) is 26.2 Å². The second-order valence-corrected chi connectivity index (χ2v) is 7.31. The van der Waals surface area contributed by atoms with Gasteiger partial charge in [-0.25, -0.2) is 10.1 Å². The molecule has 8 heteroatoms. The molecule has 0 N–H and O–H groups in total. The van der Waals surface area contributed by atoms with Gasteiger partial charge >= 0.3 is 0 Å². The summed E-state index contributed by atoms with van der Waals surface area (Å²) in [6.07, 6.45) is 5.04. The summed E-state index contributed by atoms with van der Waals surface area (Å²) >= 11 is 3.41. The summed E-state index contributed by atoms with van der Waals surface area (Å²) in [6, 6.07) is 7.89. The summed E-state index contributed by atoms with van der Waals surface area (Å²) < 4.78 is 6.62. The molecule has 0 amide bonds. The van der Waals surface area contributed by atoms with Gasteiger partial charge in [-0.2, -0.15) is 0 Å². The number of hydrogen-bond acceptors (Lipinski definition) is 3. The lowest BCUT2D eigenvalue weighted by molar-refractivity contribution is -0.486. The molecule has 1 aromatic rings. The monoisotopic (exact) mass is 408 g/mol. The average Bonchev–Trinajstić information content (AvgIpc) is 3.14. The van der Waals surface area contributed by atoms with E-state index in [4.69, 9.17) is 4.74 Å². The van der Waals surface area contributed by atoms with Crippen LogP contribution in [0.25, 0.3) is 6.08 Å². The highest BCUT2D eigenvalue weighted by Crippen LogP contribution is 2.22. The van der Waals surface area contributed by atoms with Gasteiger partial charge in [-0.3, -0.25) is 0 Å². The molecule has 2 aliphatic heterocycles. The highest BCUT2D eigenvalue weighted by Gasteiger charge is 2.32. The summed E-state index contributed by atoms with van der Waals surface area (Å²) in [5.74, 6) is 0.792. The minimum atomic E-state index is -0.623. The Labute approximate surface area is 155 Å². The van der Waals surface area contributed by atoms with Gasteiger partial charge in [-0.05, 0) is 37.1 Å². The highest BCUT2D eigenvalue weighted by molar-refractivity contribution is 9.10. The summed E-state index contributed by atoms with van der Waals surface area (Å²) in [7, 11) is 0. The Bertz CT molecular complexity index is 677. The van der Waals surface area contributed by atoms with E-state index in [0.717, 1.165) is 29.5 Å². The first-order valence-corrected chi connectivity index (χ1v) is 9.10. The topological polar surface area (TPSA) is 71.2 Å². The van der Waals surface area contributed by atoms with E-state index in [1.807, 2.05) is 46.3 Å². The first kappa shape index (κ1) is 17.9. The molecule has 0 bridgehead atoms. The lowest BCUT2D eigenvalue weighted by Gasteiger charge is -2.21. The SMILES string of the molecule is CC1CC(CN2CCN(C=Cc3ccc(Br)cc3)C2=N[N+](=O)[O-])CO1. The molecule has 2 saturated heterocycles. The maximum Gasteiger partial charge on any atom is 0.278 e. The zero-order valence-electron chi connectivity index (χ0n) is 14.0. The van der Waals surface area contributed by atoms with Crippen molar-refractivity contribution in [2.24, 2.45) is 11.0 Å². The molecule has 134 valence electrons. The number of guanidine groups is 1. The minimum Gasteiger partial charge on any atom is -0.378 e. The van der Waals surface area contributed by atoms with Crippen LogP contribution in [0.2, 0.25) is 0 Å². The molecular weight excluding hydrogens is 388 g/mol. The van der Waals surface area contributed by atoms with E-state index in [-0.39, 0.29) is 6.10 Å². The molecule has 2 heterocycles. The van der Waals surface area contributed by atoms with Gasteiger partial charge < -0.3 is 14.5 Å². The minimum absolute atomic E-state index is 0.261. The van der Waals surface area contributed by atoms with E-state index in [1.54, 1.807) is 0 Å². The quantitative estimate of drug-likeness (QED) is 0.552. The third-order valence-electron chi connectivity index (χ3n) is 4.40. The molecule has 0 aliphatic carbocycles. The Morgan fingerprint density at radius 2 is 2.16 bits per heavy atom. The summed E-state index contributed by atoms with van der Waals surface area (Å²) in [5, 5.41) is 14.0. The van der Waals surface area contributed by atoms with Crippen LogP contribution < -0.4 is 0 Å². The Morgan fingerprint density at radius 3 is 2.80 bits per heavy atom. The van der Waals surface area contributed by atoms with E-state index in [9.17, 15) is 10.1 Å². The largest absolute Gasteiger partial charge is 0.378 e. The number of nitro groups is 1. The van der Waals surface area contributed by atoms with Gasteiger partial charge in [0.15, 0.2) is 5.03 Å². The van der Waals surface area contributed by atoms with Crippen molar-refractivity contribution in [3.05, 3.63) is 50.6 Å². The number of nitrogens with zero attached hydrogens (tertiary/aromatic N) is 4. The molecule has 2 aliphatic rings. The number of hydrazone groups is 1. The first-order chi connectivity index (χ1) is 12.0. The molecule has 0 saturated carbocycles. The number of ether oxygens (including phenoxy) is 1. The molecule has 2 atom stereocenters. The second-order valence-electron chi connectivity index (χ2n) is 6.39. The van der Waals surface area contributed by atoms with Gasteiger partial charge in [0.05, 0.1) is 12.7 Å². The predicted octanol–water partition coefficient (Wildman–Crippen LogP) is 3.01. The molecule has 0 aromatic heterocycles. The fraction of sp³-hybridized carbons (Fsp3) is 0.471. The number of hydrogen-bond donors (Lipinski definition) is 0. The third kappa shape index (κ3) is 4.79. The van der Waals surface area contributed by atoms with E-state index in [1.165, 1.54) is 0 Å². The Hall–Kier alpha value is -1.93. The Morgan fingerprint density at radius 1 is 1.40 bits per heavy atom. The number of rotatable bonds is 5. The van der Waals surface area contributed by atoms with Crippen LogP contribution in [0.15, 0.2) is 40.0 Å². The summed E-state index contributed by atoms with van der Waals surface area (Å²) in [6.45, 7) is 4.91. The molecule has 1 aromatic carbocycles. The fourth-order valence-corrected chi connectivity index (χ4v) is 3.48. The highest BCUT2D eigenvalue weighted by atomic mass is 79.9. The zero-order valence-corrected chi connectivity index (χ0v) is 15.6. The van der Waals surface area contributed by atoms with Crippen LogP contribution in [0.5, 0.6) is 0 Å². The van der Waals surface area contributed by atoms with Crippen LogP contribution in [0, 0.1) is 16.0 Å². The molecule has 2 fully saturated rings. The first-order valence-electron chi connectivity index (χ1n) is 8.31. The van der Waals surface area contributed by atoms with E-state index < -0.39 is 5.03 Å². The maximum atomic E-state index is 11.0. The fourth-order valence-electron chi connectivity index (χ4n) is 3.21. The van der Waals surface area contributed by atoms with Crippen molar-refractivity contribution < 1.29 is 9.77 Å². The van der Waals surface area contributed by atoms with Crippen LogP contribution in [-0.4, -0.2) is 53.1 Å². The Kier molecular flexibility index (Phi) is 5.70. The average molecular weight is 409 g/mol. The van der Waals surface area contributed by atoms with Crippen molar-refractivity contribution in [3.63, 3.8) is 0 Å². The molecule has 7 nitrogen and oxygen atoms in total. The second kappa shape index (κ2) is 7.97. The van der Waals surface area contributed by atoms with Gasteiger partial charge in [0, 0.05) is 36.2 Å². The van der Waals surface area contributed by atoms with Crippen molar-refractivity contribution in [3.8, 4) is 0 Å². The van der Waals surface area contributed by atoms with Crippen LogP contribution in [0.4, 0.5) is 0 Å². The van der Waals surface area contributed by atoms with Crippen molar-refractivity contribution in [2.45, 2.75) is 19.4 Å². The van der Waals surface area contributed by atoms with Crippen molar-refractivity contribution in [1.29, 1.82) is 0 Å². The van der Waals surface area contributed by atoms with E-state index in [0.29, 0.717) is 25.0 Å². The van der Waals surface area contributed by atoms with Gasteiger partial charge in [0.2, 0.25) is 0 Å². The molecule has 3 rings (SSSR count). The lowest BCUT2D eigenvalue weighted by atomic mass is 10.1. The molecular formula is C17H21BrN4O3. The van der Waals surface area contributed by atoms with Crippen LogP contribution in [0.3, 0.4) is 0 Å². The molecule has 0 radical (unpaired) electrons. The molecule has 2 unspecified atom stereocenters. The summed E-state index contributed by atoms with van der Waals surface area (Å²) in [5.41, 5.74) is 1.03. The maximum absolute atomic E-state index is 11.0. The van der Waals surface area contributed by atoms with Crippen LogP contribution >= 0.6 is 15.9 Å². The normalized spacial score (nSPS) is 25.4.